The lowest BCUT2D eigenvalue weighted by molar-refractivity contribution is 0.596. The van der Waals surface area contributed by atoms with E-state index < -0.39 is 0 Å². The molecule has 0 nitrogen and oxygen atoms in total. The van der Waals surface area contributed by atoms with Crippen LogP contribution in [0.15, 0.2) is 23.8 Å². The molecule has 0 bridgehead atoms. The maximum atomic E-state index is 4.04. The van der Waals surface area contributed by atoms with E-state index in [-0.39, 0.29) is 0 Å². The highest BCUT2D eigenvalue weighted by molar-refractivity contribution is 5.14. The highest BCUT2D eigenvalue weighted by Crippen LogP contribution is 2.13. The fraction of sp³-hybridized carbons (Fsp3) is 0.615. The summed E-state index contributed by atoms with van der Waals surface area (Å²) in [7, 11) is 0. The van der Waals surface area contributed by atoms with Gasteiger partial charge in [-0.2, -0.15) is 0 Å². The van der Waals surface area contributed by atoms with Crippen molar-refractivity contribution in [3.63, 3.8) is 0 Å². The summed E-state index contributed by atoms with van der Waals surface area (Å²) in [6.07, 6.45) is 17.3. The Bertz CT molecular complexity index is 174. The van der Waals surface area contributed by atoms with Crippen molar-refractivity contribution in [2.45, 2.75) is 51.4 Å². The molecule has 0 heterocycles. The van der Waals surface area contributed by atoms with Crippen LogP contribution in [0.25, 0.3) is 0 Å². The summed E-state index contributed by atoms with van der Waals surface area (Å²) < 4.78 is 0. The summed E-state index contributed by atoms with van der Waals surface area (Å²) in [5.41, 5.74) is 1.29. The Morgan fingerprint density at radius 1 is 0.923 bits per heavy atom. The summed E-state index contributed by atoms with van der Waals surface area (Å²) in [4.78, 5) is 0. The summed E-state index contributed by atoms with van der Waals surface area (Å²) in [5, 5.41) is 0. The maximum Gasteiger partial charge on any atom is -0.0280 e. The fourth-order valence-corrected chi connectivity index (χ4v) is 1.71. The van der Waals surface area contributed by atoms with Crippen LogP contribution in [0.4, 0.5) is 0 Å². The smallest absolute Gasteiger partial charge is 0.0280 e. The Balaban J connectivity index is 2.34. The Morgan fingerprint density at radius 2 is 1.62 bits per heavy atom. The Hall–Kier alpha value is -0.520. The van der Waals surface area contributed by atoms with Gasteiger partial charge in [0.2, 0.25) is 0 Å². The molecule has 73 valence electrons. The van der Waals surface area contributed by atoms with Gasteiger partial charge < -0.3 is 0 Å². The summed E-state index contributed by atoms with van der Waals surface area (Å²) in [6.45, 7) is 4.04. The molecule has 1 aliphatic rings. The quantitative estimate of drug-likeness (QED) is 0.513. The third-order valence-electron chi connectivity index (χ3n) is 2.59. The lowest BCUT2D eigenvalue weighted by atomic mass is 10.0. The van der Waals surface area contributed by atoms with Crippen molar-refractivity contribution < 1.29 is 0 Å². The van der Waals surface area contributed by atoms with Gasteiger partial charge in [-0.15, -0.1) is 0 Å². The van der Waals surface area contributed by atoms with E-state index in [2.05, 4.69) is 25.2 Å². The SMILES string of the molecule is [CH2]/C1=C\C=C/CCCCCCCC1. The third kappa shape index (κ3) is 5.68. The minimum absolute atomic E-state index is 1.18. The van der Waals surface area contributed by atoms with Crippen LogP contribution in [0.2, 0.25) is 0 Å². The van der Waals surface area contributed by atoms with Gasteiger partial charge in [-0.3, -0.25) is 0 Å². The van der Waals surface area contributed by atoms with Gasteiger partial charge in [0.25, 0.3) is 0 Å². The second-order valence-corrected chi connectivity index (χ2v) is 3.91. The second kappa shape index (κ2) is 6.94. The summed E-state index contributed by atoms with van der Waals surface area (Å²) in [6, 6.07) is 0. The lowest BCUT2D eigenvalue weighted by Gasteiger charge is -2.03. The van der Waals surface area contributed by atoms with Crippen molar-refractivity contribution in [1.82, 2.24) is 0 Å². The number of hydrogen-bond donors (Lipinski definition) is 0. The minimum Gasteiger partial charge on any atom is -0.0845 e. The van der Waals surface area contributed by atoms with E-state index in [1.165, 1.54) is 56.9 Å². The molecule has 0 saturated heterocycles. The molecule has 0 aromatic carbocycles. The number of rotatable bonds is 0. The van der Waals surface area contributed by atoms with Crippen LogP contribution >= 0.6 is 0 Å². The number of allylic oxidation sites excluding steroid dienone is 4. The first-order valence-electron chi connectivity index (χ1n) is 5.57. The lowest BCUT2D eigenvalue weighted by Crippen LogP contribution is -1.83. The third-order valence-corrected chi connectivity index (χ3v) is 2.59. The highest BCUT2D eigenvalue weighted by atomic mass is 14.0. The van der Waals surface area contributed by atoms with Gasteiger partial charge in [0.1, 0.15) is 0 Å². The molecule has 0 heteroatoms. The van der Waals surface area contributed by atoms with Crippen molar-refractivity contribution >= 4 is 0 Å². The molecule has 1 rings (SSSR count). The molecule has 1 radical (unpaired) electrons. The van der Waals surface area contributed by atoms with E-state index in [1.807, 2.05) is 0 Å². The van der Waals surface area contributed by atoms with E-state index in [0.717, 1.165) is 0 Å². The molecule has 13 heavy (non-hydrogen) atoms. The monoisotopic (exact) mass is 177 g/mol. The Labute approximate surface area is 82.7 Å². The van der Waals surface area contributed by atoms with Gasteiger partial charge in [0, 0.05) is 0 Å². The van der Waals surface area contributed by atoms with E-state index in [9.17, 15) is 0 Å². The van der Waals surface area contributed by atoms with Crippen molar-refractivity contribution in [3.8, 4) is 0 Å². The first-order chi connectivity index (χ1) is 6.39. The van der Waals surface area contributed by atoms with Crippen LogP contribution in [-0.4, -0.2) is 0 Å². The molecule has 0 atom stereocenters. The van der Waals surface area contributed by atoms with Crippen LogP contribution in [-0.2, 0) is 0 Å². The molecular weight excluding hydrogens is 156 g/mol. The van der Waals surface area contributed by atoms with Gasteiger partial charge in [0.05, 0.1) is 0 Å². The summed E-state index contributed by atoms with van der Waals surface area (Å²) in [5.74, 6) is 0. The molecule has 0 fully saturated rings. The Morgan fingerprint density at radius 3 is 2.46 bits per heavy atom. The van der Waals surface area contributed by atoms with Crippen molar-refractivity contribution in [2.75, 3.05) is 0 Å². The van der Waals surface area contributed by atoms with Crippen LogP contribution in [0, 0.1) is 6.92 Å². The van der Waals surface area contributed by atoms with Gasteiger partial charge in [0.15, 0.2) is 0 Å². The molecule has 0 saturated carbocycles. The first kappa shape index (κ1) is 10.6. The van der Waals surface area contributed by atoms with Crippen LogP contribution < -0.4 is 0 Å². The molecule has 0 aromatic heterocycles. The van der Waals surface area contributed by atoms with E-state index >= 15 is 0 Å². The first-order valence-corrected chi connectivity index (χ1v) is 5.57. The van der Waals surface area contributed by atoms with E-state index in [1.54, 1.807) is 0 Å². The van der Waals surface area contributed by atoms with Gasteiger partial charge in [-0.05, 0) is 32.6 Å². The van der Waals surface area contributed by atoms with Crippen molar-refractivity contribution in [1.29, 1.82) is 0 Å². The average molecular weight is 177 g/mol. The Kier molecular flexibility index (Phi) is 5.64. The molecular formula is C13H21. The molecule has 0 aliphatic heterocycles. The molecule has 0 amide bonds. The number of hydrogen-bond acceptors (Lipinski definition) is 0. The highest BCUT2D eigenvalue weighted by Gasteiger charge is 1.93. The zero-order chi connectivity index (χ0) is 9.36. The zero-order valence-corrected chi connectivity index (χ0v) is 8.60. The average Bonchev–Trinajstić information content (AvgIpc) is 2.11. The summed E-state index contributed by atoms with van der Waals surface area (Å²) >= 11 is 0. The van der Waals surface area contributed by atoms with E-state index in [0.29, 0.717) is 0 Å². The second-order valence-electron chi connectivity index (χ2n) is 3.91. The van der Waals surface area contributed by atoms with Gasteiger partial charge >= 0.3 is 0 Å². The molecule has 0 unspecified atom stereocenters. The van der Waals surface area contributed by atoms with Gasteiger partial charge in [-0.25, -0.2) is 0 Å². The van der Waals surface area contributed by atoms with Crippen molar-refractivity contribution in [2.24, 2.45) is 0 Å². The minimum atomic E-state index is 1.18. The molecule has 0 aromatic rings. The normalized spacial score (nSPS) is 27.9. The van der Waals surface area contributed by atoms with Gasteiger partial charge in [-0.1, -0.05) is 49.5 Å². The molecule has 1 aliphatic carbocycles. The van der Waals surface area contributed by atoms with Crippen LogP contribution in [0.1, 0.15) is 51.4 Å². The maximum absolute atomic E-state index is 4.04. The standard InChI is InChI=1S/C13H21/c1-13-11-9-7-5-3-2-4-6-8-10-12-13/h7,9,11H,1-6,8,10,12H2/b9-7-,13-11+. The fourth-order valence-electron chi connectivity index (χ4n) is 1.71. The molecule has 0 N–H and O–H groups in total. The largest absolute Gasteiger partial charge is 0.0845 e. The van der Waals surface area contributed by atoms with Crippen LogP contribution in [0.3, 0.4) is 0 Å². The molecule has 0 spiro atoms. The predicted octanol–water partition coefficient (Wildman–Crippen LogP) is 4.44. The predicted molar refractivity (Wildman–Crippen MR) is 59.5 cm³/mol. The van der Waals surface area contributed by atoms with Crippen LogP contribution in [0.5, 0.6) is 0 Å². The topological polar surface area (TPSA) is 0 Å². The zero-order valence-electron chi connectivity index (χ0n) is 8.60. The van der Waals surface area contributed by atoms with E-state index in [4.69, 9.17) is 0 Å². The van der Waals surface area contributed by atoms with Crippen molar-refractivity contribution in [3.05, 3.63) is 30.7 Å².